The molecule has 0 spiro atoms. The van der Waals surface area contributed by atoms with Gasteiger partial charge in [0.1, 0.15) is 11.9 Å². The van der Waals surface area contributed by atoms with Crippen molar-refractivity contribution in [1.29, 1.82) is 0 Å². The van der Waals surface area contributed by atoms with Crippen LogP contribution < -0.4 is 5.32 Å². The minimum absolute atomic E-state index is 0.128. The maximum atomic E-state index is 13.8. The second kappa shape index (κ2) is 7.28. The first kappa shape index (κ1) is 18.1. The van der Waals surface area contributed by atoms with Crippen LogP contribution >= 0.6 is 0 Å². The molecule has 2 amide bonds. The predicted octanol–water partition coefficient (Wildman–Crippen LogP) is 4.14. The summed E-state index contributed by atoms with van der Waals surface area (Å²) < 4.78 is 13.8. The average Bonchev–Trinajstić information content (AvgIpc) is 2.93. The van der Waals surface area contributed by atoms with Gasteiger partial charge in [0.2, 0.25) is 5.91 Å². The Morgan fingerprint density at radius 1 is 1.23 bits per heavy atom. The zero-order chi connectivity index (χ0) is 18.8. The van der Waals surface area contributed by atoms with Crippen molar-refractivity contribution in [2.75, 3.05) is 5.32 Å². The lowest BCUT2D eigenvalue weighted by Crippen LogP contribution is -2.45. The lowest BCUT2D eigenvalue weighted by molar-refractivity contribution is -0.121. The molecular formula is C21H23FN2O2. The van der Waals surface area contributed by atoms with E-state index in [4.69, 9.17) is 0 Å². The van der Waals surface area contributed by atoms with E-state index < -0.39 is 6.04 Å². The van der Waals surface area contributed by atoms with Crippen LogP contribution in [0.2, 0.25) is 0 Å². The number of halogens is 1. The van der Waals surface area contributed by atoms with Crippen LogP contribution in [0, 0.1) is 18.7 Å². The van der Waals surface area contributed by atoms with Crippen LogP contribution in [-0.2, 0) is 11.3 Å². The van der Waals surface area contributed by atoms with E-state index >= 15 is 0 Å². The molecule has 0 saturated carbocycles. The molecule has 4 nitrogen and oxygen atoms in total. The van der Waals surface area contributed by atoms with Crippen molar-refractivity contribution in [3.63, 3.8) is 0 Å². The molecule has 0 unspecified atom stereocenters. The Labute approximate surface area is 153 Å². The van der Waals surface area contributed by atoms with Crippen molar-refractivity contribution in [2.45, 2.75) is 39.8 Å². The van der Waals surface area contributed by atoms with Gasteiger partial charge >= 0.3 is 0 Å². The molecule has 1 heterocycles. The van der Waals surface area contributed by atoms with E-state index in [1.807, 2.05) is 32.0 Å². The third-order valence-corrected chi connectivity index (χ3v) is 4.66. The molecule has 0 fully saturated rings. The fraction of sp³-hybridized carbons (Fsp3) is 0.333. The van der Waals surface area contributed by atoms with Gasteiger partial charge in [-0.25, -0.2) is 4.39 Å². The smallest absolute Gasteiger partial charge is 0.255 e. The maximum absolute atomic E-state index is 13.8. The van der Waals surface area contributed by atoms with Gasteiger partial charge in [-0.1, -0.05) is 38.1 Å². The molecule has 0 saturated heterocycles. The molecule has 0 aromatic heterocycles. The van der Waals surface area contributed by atoms with Crippen molar-refractivity contribution < 1.29 is 14.0 Å². The van der Waals surface area contributed by atoms with Crippen LogP contribution in [0.4, 0.5) is 10.1 Å². The van der Waals surface area contributed by atoms with E-state index in [0.717, 1.165) is 5.56 Å². The molecule has 5 heteroatoms. The van der Waals surface area contributed by atoms with Gasteiger partial charge in [0.25, 0.3) is 5.91 Å². The van der Waals surface area contributed by atoms with Gasteiger partial charge in [-0.3, -0.25) is 9.59 Å². The minimum Gasteiger partial charge on any atom is -0.324 e. The molecule has 136 valence electrons. The highest BCUT2D eigenvalue weighted by molar-refractivity contribution is 6.03. The van der Waals surface area contributed by atoms with Crippen molar-refractivity contribution in [2.24, 2.45) is 5.92 Å². The number of fused-ring (bicyclic) bond motifs is 1. The highest BCUT2D eigenvalue weighted by atomic mass is 19.1. The number of nitrogens with one attached hydrogen (secondary N) is 1. The fourth-order valence-electron chi connectivity index (χ4n) is 3.25. The summed E-state index contributed by atoms with van der Waals surface area (Å²) >= 11 is 0. The summed E-state index contributed by atoms with van der Waals surface area (Å²) in [6.07, 6.45) is 0.542. The molecule has 2 aromatic rings. The summed E-state index contributed by atoms with van der Waals surface area (Å²) in [4.78, 5) is 27.3. The van der Waals surface area contributed by atoms with Crippen LogP contribution in [0.3, 0.4) is 0 Å². The molecule has 3 rings (SSSR count). The Hall–Kier alpha value is -2.69. The van der Waals surface area contributed by atoms with Crippen molar-refractivity contribution >= 4 is 17.5 Å². The predicted molar refractivity (Wildman–Crippen MR) is 99.3 cm³/mol. The van der Waals surface area contributed by atoms with Crippen LogP contribution in [-0.4, -0.2) is 22.8 Å². The average molecular weight is 354 g/mol. The normalized spacial score (nSPS) is 14.5. The molecule has 1 N–H and O–H groups in total. The maximum Gasteiger partial charge on any atom is 0.255 e. The molecule has 0 bridgehead atoms. The number of nitrogens with zero attached hydrogens (tertiary/aromatic N) is 1. The highest BCUT2D eigenvalue weighted by Crippen LogP contribution is 2.27. The molecule has 1 aliphatic heterocycles. The largest absolute Gasteiger partial charge is 0.324 e. The van der Waals surface area contributed by atoms with E-state index in [-0.39, 0.29) is 23.5 Å². The Morgan fingerprint density at radius 3 is 2.62 bits per heavy atom. The van der Waals surface area contributed by atoms with Crippen LogP contribution in [0.1, 0.15) is 41.8 Å². The van der Waals surface area contributed by atoms with E-state index in [9.17, 15) is 14.0 Å². The first-order chi connectivity index (χ1) is 12.4. The highest BCUT2D eigenvalue weighted by Gasteiger charge is 2.36. The lowest BCUT2D eigenvalue weighted by atomic mass is 10.0. The van der Waals surface area contributed by atoms with E-state index in [0.29, 0.717) is 29.8 Å². The van der Waals surface area contributed by atoms with Gasteiger partial charge in [0, 0.05) is 17.8 Å². The molecule has 0 aliphatic carbocycles. The molecular weight excluding hydrogens is 331 g/mol. The second-order valence-corrected chi connectivity index (χ2v) is 7.19. The van der Waals surface area contributed by atoms with Gasteiger partial charge in [0.15, 0.2) is 0 Å². The first-order valence-electron chi connectivity index (χ1n) is 8.82. The summed E-state index contributed by atoms with van der Waals surface area (Å²) in [5.41, 5.74) is 2.50. The zero-order valence-corrected chi connectivity index (χ0v) is 15.3. The summed E-state index contributed by atoms with van der Waals surface area (Å²) in [7, 11) is 0. The Morgan fingerprint density at radius 2 is 1.96 bits per heavy atom. The molecule has 0 radical (unpaired) electrons. The number of benzene rings is 2. The SMILES string of the molecule is Cc1ccc(NC(=O)[C@@H](CC(C)C)N2Cc3ccccc3C2=O)cc1F. The molecule has 1 atom stereocenters. The topological polar surface area (TPSA) is 49.4 Å². The minimum atomic E-state index is -0.598. The number of carbonyl (C=O) groups excluding carboxylic acids is 2. The Kier molecular flexibility index (Phi) is 5.07. The van der Waals surface area contributed by atoms with Gasteiger partial charge in [0.05, 0.1) is 0 Å². The number of anilines is 1. The number of hydrogen-bond donors (Lipinski definition) is 1. The monoisotopic (exact) mass is 354 g/mol. The van der Waals surface area contributed by atoms with E-state index in [1.165, 1.54) is 6.07 Å². The Balaban J connectivity index is 1.83. The molecule has 26 heavy (non-hydrogen) atoms. The van der Waals surface area contributed by atoms with Crippen LogP contribution in [0.25, 0.3) is 0 Å². The van der Waals surface area contributed by atoms with Gasteiger partial charge in [-0.05, 0) is 48.6 Å². The first-order valence-corrected chi connectivity index (χ1v) is 8.82. The fourth-order valence-corrected chi connectivity index (χ4v) is 3.25. The van der Waals surface area contributed by atoms with Gasteiger partial charge in [-0.2, -0.15) is 0 Å². The number of aryl methyl sites for hydroxylation is 1. The third kappa shape index (κ3) is 3.62. The summed E-state index contributed by atoms with van der Waals surface area (Å²) in [5.74, 6) is -0.551. The van der Waals surface area contributed by atoms with Gasteiger partial charge in [-0.15, -0.1) is 0 Å². The summed E-state index contributed by atoms with van der Waals surface area (Å²) in [6.45, 7) is 6.11. The zero-order valence-electron chi connectivity index (χ0n) is 15.3. The van der Waals surface area contributed by atoms with Crippen LogP contribution in [0.5, 0.6) is 0 Å². The quantitative estimate of drug-likeness (QED) is 0.877. The molecule has 2 aromatic carbocycles. The number of amides is 2. The second-order valence-electron chi connectivity index (χ2n) is 7.19. The van der Waals surface area contributed by atoms with Crippen molar-refractivity contribution in [1.82, 2.24) is 4.90 Å². The lowest BCUT2D eigenvalue weighted by Gasteiger charge is -2.28. The standard InChI is InChI=1S/C21H23FN2O2/c1-13(2)10-19(20(25)23-16-9-8-14(3)18(22)11-16)24-12-15-6-4-5-7-17(15)21(24)26/h4-9,11,13,19H,10,12H2,1-3H3,(H,23,25)/t19-/m1/s1. The van der Waals surface area contributed by atoms with E-state index in [2.05, 4.69) is 5.32 Å². The number of hydrogen-bond acceptors (Lipinski definition) is 2. The number of carbonyl (C=O) groups is 2. The summed E-state index contributed by atoms with van der Waals surface area (Å²) in [6, 6.07) is 11.4. The summed E-state index contributed by atoms with van der Waals surface area (Å²) in [5, 5.41) is 2.77. The van der Waals surface area contributed by atoms with Crippen LogP contribution in [0.15, 0.2) is 42.5 Å². The third-order valence-electron chi connectivity index (χ3n) is 4.66. The van der Waals surface area contributed by atoms with Crippen molar-refractivity contribution in [3.8, 4) is 0 Å². The van der Waals surface area contributed by atoms with E-state index in [1.54, 1.807) is 30.0 Å². The molecule has 1 aliphatic rings. The van der Waals surface area contributed by atoms with Gasteiger partial charge < -0.3 is 10.2 Å². The Bertz CT molecular complexity index is 848. The van der Waals surface area contributed by atoms with Crippen molar-refractivity contribution in [3.05, 3.63) is 65.0 Å². The number of rotatable bonds is 5.